The number of halogens is 1. The molecular weight excluding hydrogens is 235 g/mol. The van der Waals surface area contributed by atoms with Crippen LogP contribution in [0.15, 0.2) is 24.3 Å². The fraction of sp³-hybridized carbons (Fsp3) is 0.429. The normalized spacial score (nSPS) is 27.4. The number of hydrogen-bond donors (Lipinski definition) is 1. The van der Waals surface area contributed by atoms with Gasteiger partial charge in [-0.15, -0.1) is 0 Å². The minimum absolute atomic E-state index is 0.145. The number of ketones is 1. The molecule has 0 bridgehead atoms. The van der Waals surface area contributed by atoms with Gasteiger partial charge in [0.15, 0.2) is 5.78 Å². The number of hydrogen-bond acceptors (Lipinski definition) is 2. The van der Waals surface area contributed by atoms with E-state index in [9.17, 15) is 19.1 Å². The van der Waals surface area contributed by atoms with E-state index in [0.29, 0.717) is 18.4 Å². The van der Waals surface area contributed by atoms with Crippen LogP contribution in [-0.4, -0.2) is 16.9 Å². The van der Waals surface area contributed by atoms with E-state index in [2.05, 4.69) is 0 Å². The van der Waals surface area contributed by atoms with Crippen molar-refractivity contribution in [3.05, 3.63) is 35.6 Å². The third-order valence-electron chi connectivity index (χ3n) is 3.75. The number of carboxylic acid groups (broad SMARTS) is 1. The standard InChI is InChI=1S/C14H15FO3/c1-9-6-7-14(12(9)16,13(17)18)8-10-2-4-11(15)5-3-10/h2-5,9H,6-8H2,1H3,(H,17,18). The second-order valence-corrected chi connectivity index (χ2v) is 4.99. The monoisotopic (exact) mass is 250 g/mol. The summed E-state index contributed by atoms with van der Waals surface area (Å²) < 4.78 is 12.8. The third-order valence-corrected chi connectivity index (χ3v) is 3.75. The molecule has 0 radical (unpaired) electrons. The molecule has 2 unspecified atom stereocenters. The first-order chi connectivity index (χ1) is 8.45. The molecule has 1 aliphatic carbocycles. The molecule has 0 heterocycles. The van der Waals surface area contributed by atoms with E-state index in [4.69, 9.17) is 0 Å². The number of carboxylic acids is 1. The molecule has 18 heavy (non-hydrogen) atoms. The Labute approximate surface area is 105 Å². The van der Waals surface area contributed by atoms with Crippen molar-refractivity contribution in [2.45, 2.75) is 26.2 Å². The van der Waals surface area contributed by atoms with Crippen LogP contribution < -0.4 is 0 Å². The number of Topliss-reactive ketones (excluding diaryl/α,β-unsaturated/α-hetero) is 1. The third kappa shape index (κ3) is 2.03. The first kappa shape index (κ1) is 12.7. The van der Waals surface area contributed by atoms with Crippen LogP contribution in [0.5, 0.6) is 0 Å². The Morgan fingerprint density at radius 2 is 2.06 bits per heavy atom. The van der Waals surface area contributed by atoms with Crippen LogP contribution in [-0.2, 0) is 16.0 Å². The Morgan fingerprint density at radius 1 is 1.44 bits per heavy atom. The SMILES string of the molecule is CC1CCC(Cc2ccc(F)cc2)(C(=O)O)C1=O. The highest BCUT2D eigenvalue weighted by molar-refractivity contribution is 6.05. The number of carbonyl (C=O) groups excluding carboxylic acids is 1. The van der Waals surface area contributed by atoms with Crippen molar-refractivity contribution >= 4 is 11.8 Å². The Balaban J connectivity index is 2.30. The van der Waals surface area contributed by atoms with Gasteiger partial charge in [-0.05, 0) is 37.0 Å². The molecule has 1 saturated carbocycles. The molecule has 1 aromatic carbocycles. The smallest absolute Gasteiger partial charge is 0.317 e. The van der Waals surface area contributed by atoms with Crippen molar-refractivity contribution in [3.8, 4) is 0 Å². The Hall–Kier alpha value is -1.71. The lowest BCUT2D eigenvalue weighted by molar-refractivity contribution is -0.153. The van der Waals surface area contributed by atoms with Gasteiger partial charge in [-0.3, -0.25) is 9.59 Å². The Morgan fingerprint density at radius 3 is 2.50 bits per heavy atom. The summed E-state index contributed by atoms with van der Waals surface area (Å²) in [5.74, 6) is -1.85. The van der Waals surface area contributed by atoms with Gasteiger partial charge in [0.1, 0.15) is 11.2 Å². The van der Waals surface area contributed by atoms with Crippen LogP contribution in [0.2, 0.25) is 0 Å². The van der Waals surface area contributed by atoms with Crippen LogP contribution in [0.1, 0.15) is 25.3 Å². The van der Waals surface area contributed by atoms with Gasteiger partial charge in [-0.1, -0.05) is 19.1 Å². The summed E-state index contributed by atoms with van der Waals surface area (Å²) in [5, 5.41) is 9.37. The minimum atomic E-state index is -1.32. The molecule has 1 aliphatic rings. The van der Waals surface area contributed by atoms with E-state index in [1.807, 2.05) is 0 Å². The van der Waals surface area contributed by atoms with E-state index in [1.165, 1.54) is 24.3 Å². The molecule has 3 nitrogen and oxygen atoms in total. The first-order valence-corrected chi connectivity index (χ1v) is 5.98. The maximum absolute atomic E-state index is 12.8. The highest BCUT2D eigenvalue weighted by Crippen LogP contribution is 2.41. The molecule has 0 amide bonds. The quantitative estimate of drug-likeness (QED) is 0.838. The van der Waals surface area contributed by atoms with Crippen LogP contribution in [0.4, 0.5) is 4.39 Å². The lowest BCUT2D eigenvalue weighted by Crippen LogP contribution is -2.38. The summed E-state index contributed by atoms with van der Waals surface area (Å²) in [7, 11) is 0. The predicted octanol–water partition coefficient (Wildman–Crippen LogP) is 2.44. The number of benzene rings is 1. The fourth-order valence-corrected chi connectivity index (χ4v) is 2.60. The Kier molecular flexibility index (Phi) is 3.20. The molecule has 0 saturated heterocycles. The van der Waals surface area contributed by atoms with Crippen molar-refractivity contribution in [3.63, 3.8) is 0 Å². The van der Waals surface area contributed by atoms with Crippen molar-refractivity contribution < 1.29 is 19.1 Å². The van der Waals surface area contributed by atoms with Gasteiger partial charge >= 0.3 is 5.97 Å². The van der Waals surface area contributed by atoms with Crippen molar-refractivity contribution in [2.75, 3.05) is 0 Å². The summed E-state index contributed by atoms with van der Waals surface area (Å²) in [5.41, 5.74) is -0.640. The number of aliphatic carboxylic acids is 1. The summed E-state index contributed by atoms with van der Waals surface area (Å²) in [6, 6.07) is 5.65. The van der Waals surface area contributed by atoms with Gasteiger partial charge in [0, 0.05) is 5.92 Å². The highest BCUT2D eigenvalue weighted by atomic mass is 19.1. The maximum Gasteiger partial charge on any atom is 0.317 e. The number of rotatable bonds is 3. The van der Waals surface area contributed by atoms with Crippen molar-refractivity contribution in [1.82, 2.24) is 0 Å². The molecule has 1 aromatic rings. The molecule has 1 N–H and O–H groups in total. The molecule has 2 atom stereocenters. The molecule has 0 aromatic heterocycles. The zero-order valence-electron chi connectivity index (χ0n) is 10.1. The molecular formula is C14H15FO3. The van der Waals surface area contributed by atoms with Crippen LogP contribution in [0.25, 0.3) is 0 Å². The summed E-state index contributed by atoms with van der Waals surface area (Å²) in [4.78, 5) is 23.5. The largest absolute Gasteiger partial charge is 0.480 e. The van der Waals surface area contributed by atoms with Gasteiger partial charge in [0.05, 0.1) is 0 Å². The lowest BCUT2D eigenvalue weighted by Gasteiger charge is -2.22. The molecule has 1 fully saturated rings. The topological polar surface area (TPSA) is 54.4 Å². The van der Waals surface area contributed by atoms with E-state index in [1.54, 1.807) is 6.92 Å². The molecule has 4 heteroatoms. The highest BCUT2D eigenvalue weighted by Gasteiger charge is 2.51. The van der Waals surface area contributed by atoms with Gasteiger partial charge < -0.3 is 5.11 Å². The van der Waals surface area contributed by atoms with E-state index >= 15 is 0 Å². The second-order valence-electron chi connectivity index (χ2n) is 4.99. The van der Waals surface area contributed by atoms with Crippen LogP contribution >= 0.6 is 0 Å². The summed E-state index contributed by atoms with van der Waals surface area (Å²) in [6.45, 7) is 1.76. The molecule has 96 valence electrons. The van der Waals surface area contributed by atoms with Crippen molar-refractivity contribution in [1.29, 1.82) is 0 Å². The Bertz CT molecular complexity index is 480. The van der Waals surface area contributed by atoms with E-state index < -0.39 is 11.4 Å². The van der Waals surface area contributed by atoms with Gasteiger partial charge in [0.2, 0.25) is 0 Å². The average Bonchev–Trinajstić information content (AvgIpc) is 2.62. The molecule has 0 aliphatic heterocycles. The lowest BCUT2D eigenvalue weighted by atomic mass is 9.78. The second kappa shape index (κ2) is 4.52. The summed E-state index contributed by atoms with van der Waals surface area (Å²) >= 11 is 0. The van der Waals surface area contributed by atoms with Crippen molar-refractivity contribution in [2.24, 2.45) is 11.3 Å². The minimum Gasteiger partial charge on any atom is -0.480 e. The zero-order chi connectivity index (χ0) is 13.3. The van der Waals surface area contributed by atoms with E-state index in [-0.39, 0.29) is 23.9 Å². The number of carbonyl (C=O) groups is 2. The maximum atomic E-state index is 12.8. The van der Waals surface area contributed by atoms with Crippen LogP contribution in [0.3, 0.4) is 0 Å². The van der Waals surface area contributed by atoms with E-state index in [0.717, 1.165) is 0 Å². The predicted molar refractivity (Wildman–Crippen MR) is 63.6 cm³/mol. The first-order valence-electron chi connectivity index (χ1n) is 5.98. The summed E-state index contributed by atoms with van der Waals surface area (Å²) in [6.07, 6.45) is 1.11. The van der Waals surface area contributed by atoms with Gasteiger partial charge in [0.25, 0.3) is 0 Å². The molecule has 2 rings (SSSR count). The fourth-order valence-electron chi connectivity index (χ4n) is 2.60. The molecule has 0 spiro atoms. The van der Waals surface area contributed by atoms with Gasteiger partial charge in [-0.25, -0.2) is 4.39 Å². The zero-order valence-corrected chi connectivity index (χ0v) is 10.1. The average molecular weight is 250 g/mol. The van der Waals surface area contributed by atoms with Gasteiger partial charge in [-0.2, -0.15) is 0 Å². The van der Waals surface area contributed by atoms with Crippen LogP contribution in [0, 0.1) is 17.2 Å².